The van der Waals surface area contributed by atoms with Crippen LogP contribution >= 0.6 is 0 Å². The molecule has 270 valence electrons. The standard InChI is InChI=1S/C10H15N.2C10H14.C9H13N.C9H12/c1-6-7(2)9(4)11-10(5)8(6)3;1-7-5-8(2)10(4)9(3)6-7;1-7-5-6-8(2)10(4)9(7)3;1-6-5-7(2)10-9(4)8(6)3;1-7-4-5-8(2)9(3)6-7/h1-5H3;2*5-6H,1-4H3;5H,1-4H3;4-6H,1-3H3. The fourth-order valence-electron chi connectivity index (χ4n) is 5.57. The number of rotatable bonds is 0. The second-order valence-electron chi connectivity index (χ2n) is 14.5. The van der Waals surface area contributed by atoms with Crippen LogP contribution in [0.25, 0.3) is 0 Å². The van der Waals surface area contributed by atoms with Crippen LogP contribution in [0.1, 0.15) is 112 Å². The number of pyridine rings is 2. The first-order valence-electron chi connectivity index (χ1n) is 18.0. The van der Waals surface area contributed by atoms with E-state index in [0.29, 0.717) is 0 Å². The average Bonchev–Trinajstić information content (AvgIpc) is 3.04. The third-order valence-electron chi connectivity index (χ3n) is 10.5. The van der Waals surface area contributed by atoms with Crippen molar-refractivity contribution >= 4 is 0 Å². The topological polar surface area (TPSA) is 25.8 Å². The van der Waals surface area contributed by atoms with Gasteiger partial charge < -0.3 is 0 Å². The van der Waals surface area contributed by atoms with Gasteiger partial charge in [-0.05, 0) is 222 Å². The average molecular weight is 673 g/mol. The molecular formula is C48H68N2. The summed E-state index contributed by atoms with van der Waals surface area (Å²) in [7, 11) is 0. The summed E-state index contributed by atoms with van der Waals surface area (Å²) in [6.07, 6.45) is 0. The summed E-state index contributed by atoms with van der Waals surface area (Å²) in [4.78, 5) is 8.77. The zero-order valence-electron chi connectivity index (χ0n) is 35.5. The highest BCUT2D eigenvalue weighted by atomic mass is 14.7. The van der Waals surface area contributed by atoms with Gasteiger partial charge in [-0.25, -0.2) is 0 Å². The molecule has 0 aliphatic rings. The lowest BCUT2D eigenvalue weighted by Gasteiger charge is -2.09. The molecule has 0 bridgehead atoms. The summed E-state index contributed by atoms with van der Waals surface area (Å²) in [5, 5.41) is 0. The van der Waals surface area contributed by atoms with Crippen LogP contribution in [0.2, 0.25) is 0 Å². The molecule has 0 aliphatic heterocycles. The molecular weight excluding hydrogens is 605 g/mol. The van der Waals surface area contributed by atoms with E-state index in [1.165, 1.54) is 89.0 Å². The molecule has 0 unspecified atom stereocenters. The predicted molar refractivity (Wildman–Crippen MR) is 223 cm³/mol. The summed E-state index contributed by atoms with van der Waals surface area (Å²) in [6, 6.07) is 17.4. The zero-order chi connectivity index (χ0) is 38.6. The van der Waals surface area contributed by atoms with Crippen molar-refractivity contribution in [3.05, 3.63) is 160 Å². The molecule has 0 spiro atoms. The van der Waals surface area contributed by atoms with E-state index in [4.69, 9.17) is 0 Å². The van der Waals surface area contributed by atoms with Crippen LogP contribution in [0.3, 0.4) is 0 Å². The fraction of sp³-hybridized carbons (Fsp3) is 0.417. The molecule has 0 radical (unpaired) electrons. The zero-order valence-corrected chi connectivity index (χ0v) is 35.5. The van der Waals surface area contributed by atoms with Crippen molar-refractivity contribution in [2.75, 3.05) is 0 Å². The van der Waals surface area contributed by atoms with Gasteiger partial charge in [0.1, 0.15) is 0 Å². The highest BCUT2D eigenvalue weighted by Gasteiger charge is 2.04. The van der Waals surface area contributed by atoms with Crippen LogP contribution in [-0.4, -0.2) is 9.97 Å². The molecule has 2 heterocycles. The van der Waals surface area contributed by atoms with Crippen molar-refractivity contribution in [2.45, 2.75) is 138 Å². The van der Waals surface area contributed by atoms with Gasteiger partial charge in [-0.1, -0.05) is 53.6 Å². The summed E-state index contributed by atoms with van der Waals surface area (Å²) in [5.74, 6) is 0. The summed E-state index contributed by atoms with van der Waals surface area (Å²) in [5.41, 5.74) is 26.6. The second kappa shape index (κ2) is 20.0. The van der Waals surface area contributed by atoms with E-state index >= 15 is 0 Å². The van der Waals surface area contributed by atoms with Gasteiger partial charge in [0.25, 0.3) is 0 Å². The highest BCUT2D eigenvalue weighted by molar-refractivity contribution is 5.39. The molecule has 2 heteroatoms. The summed E-state index contributed by atoms with van der Waals surface area (Å²) < 4.78 is 0. The van der Waals surface area contributed by atoms with Crippen LogP contribution in [-0.2, 0) is 0 Å². The van der Waals surface area contributed by atoms with E-state index in [1.807, 2.05) is 6.92 Å². The second-order valence-corrected chi connectivity index (χ2v) is 14.5. The third-order valence-corrected chi connectivity index (χ3v) is 10.5. The first-order chi connectivity index (χ1) is 23.1. The number of hydrogen-bond acceptors (Lipinski definition) is 2. The number of nitrogens with zero attached hydrogens (tertiary/aromatic N) is 2. The Kier molecular flexibility index (Phi) is 17.6. The lowest BCUT2D eigenvalue weighted by Crippen LogP contribution is -1.98. The lowest BCUT2D eigenvalue weighted by molar-refractivity contribution is 1.03. The minimum Gasteiger partial charge on any atom is -0.258 e. The number of aromatic nitrogens is 2. The molecule has 0 fully saturated rings. The third kappa shape index (κ3) is 13.3. The molecule has 0 N–H and O–H groups in total. The molecule has 2 aromatic heterocycles. The summed E-state index contributed by atoms with van der Waals surface area (Å²) in [6.45, 7) is 42.5. The van der Waals surface area contributed by atoms with Crippen LogP contribution in [0.4, 0.5) is 0 Å². The van der Waals surface area contributed by atoms with E-state index in [2.05, 4.69) is 190 Å². The SMILES string of the molecule is Cc1cc(C)c(C)c(C)c1.Cc1cc(C)c(C)c(C)n1.Cc1ccc(C)c(C)c1.Cc1ccc(C)c(C)c1C.Cc1nc(C)c(C)c(C)c1C. The Labute approximate surface area is 307 Å². The highest BCUT2D eigenvalue weighted by Crippen LogP contribution is 2.18. The molecule has 2 nitrogen and oxygen atoms in total. The Hall–Kier alpha value is -4.04. The predicted octanol–water partition coefficient (Wildman–Crippen LogP) is 13.4. The van der Waals surface area contributed by atoms with Crippen LogP contribution in [0.5, 0.6) is 0 Å². The van der Waals surface area contributed by atoms with Crippen molar-refractivity contribution in [1.29, 1.82) is 0 Å². The van der Waals surface area contributed by atoms with Crippen LogP contribution in [0.15, 0.2) is 48.5 Å². The Bertz CT molecular complexity index is 1730. The summed E-state index contributed by atoms with van der Waals surface area (Å²) >= 11 is 0. The van der Waals surface area contributed by atoms with Gasteiger partial charge in [0.15, 0.2) is 0 Å². The molecule has 0 aliphatic carbocycles. The largest absolute Gasteiger partial charge is 0.258 e. The Balaban J connectivity index is 0.000000313. The molecule has 3 aromatic carbocycles. The number of benzene rings is 3. The molecule has 0 amide bonds. The lowest BCUT2D eigenvalue weighted by atomic mass is 10.0. The van der Waals surface area contributed by atoms with E-state index in [-0.39, 0.29) is 0 Å². The van der Waals surface area contributed by atoms with Crippen molar-refractivity contribution in [1.82, 2.24) is 9.97 Å². The molecule has 5 aromatic rings. The minimum atomic E-state index is 1.11. The minimum absolute atomic E-state index is 1.11. The van der Waals surface area contributed by atoms with Gasteiger partial charge in [0, 0.05) is 22.8 Å². The maximum Gasteiger partial charge on any atom is 0.0407 e. The van der Waals surface area contributed by atoms with Crippen molar-refractivity contribution in [2.24, 2.45) is 0 Å². The number of hydrogen-bond donors (Lipinski definition) is 0. The quantitative estimate of drug-likeness (QED) is 0.164. The maximum absolute atomic E-state index is 4.43. The molecule has 0 saturated heterocycles. The molecule has 50 heavy (non-hydrogen) atoms. The molecule has 0 saturated carbocycles. The van der Waals surface area contributed by atoms with E-state index in [0.717, 1.165) is 22.8 Å². The van der Waals surface area contributed by atoms with Gasteiger partial charge in [0.05, 0.1) is 0 Å². The first-order valence-corrected chi connectivity index (χ1v) is 18.0. The number of aryl methyl sites for hydroxylation is 13. The van der Waals surface area contributed by atoms with Crippen molar-refractivity contribution in [3.63, 3.8) is 0 Å². The molecule has 5 rings (SSSR count). The van der Waals surface area contributed by atoms with Gasteiger partial charge >= 0.3 is 0 Å². The Morgan fingerprint density at radius 3 is 1.04 bits per heavy atom. The van der Waals surface area contributed by atoms with E-state index in [1.54, 1.807) is 0 Å². The fourth-order valence-corrected chi connectivity index (χ4v) is 5.57. The molecule has 0 atom stereocenters. The van der Waals surface area contributed by atoms with Crippen molar-refractivity contribution in [3.8, 4) is 0 Å². The first kappa shape index (κ1) is 44.0. The van der Waals surface area contributed by atoms with E-state index in [9.17, 15) is 0 Å². The maximum atomic E-state index is 4.43. The van der Waals surface area contributed by atoms with Crippen molar-refractivity contribution < 1.29 is 0 Å². The van der Waals surface area contributed by atoms with Gasteiger partial charge in [-0.3, -0.25) is 9.97 Å². The van der Waals surface area contributed by atoms with Crippen LogP contribution in [0, 0.1) is 138 Å². The monoisotopic (exact) mass is 673 g/mol. The Morgan fingerprint density at radius 1 is 0.260 bits per heavy atom. The smallest absolute Gasteiger partial charge is 0.0407 e. The van der Waals surface area contributed by atoms with E-state index < -0.39 is 0 Å². The van der Waals surface area contributed by atoms with Crippen LogP contribution < -0.4 is 0 Å². The van der Waals surface area contributed by atoms with Gasteiger partial charge in [0.2, 0.25) is 0 Å². The normalized spacial score (nSPS) is 10.0. The van der Waals surface area contributed by atoms with Gasteiger partial charge in [-0.15, -0.1) is 0 Å². The van der Waals surface area contributed by atoms with Gasteiger partial charge in [-0.2, -0.15) is 0 Å². The Morgan fingerprint density at radius 2 is 0.640 bits per heavy atom.